The quantitative estimate of drug-likeness (QED) is 0.260. The summed E-state index contributed by atoms with van der Waals surface area (Å²) >= 11 is 0. The standard InChI is InChI=1S/C55H72N2/c1-4-17-38(18-5-1)39-31-33-42(34-32-39)57(41-21-8-3-9-22-41)43-35-36-45-44-23-10-13-27-49(44)55(52(45)37-43)50-28-14-11-25-48(50)54-47(26-16-29-51(54)55)46-24-12-15-30-53(46)56-40-19-6-2-7-20-40/h1-2,4,6,10,12,15,17,23-24,26,30-31,33,40-41,43,45-46,48,50-54,56H,3,5,7-9,11,13-14,16,18-22,25,27-29,32,34-37H2. The molecule has 0 amide bonds. The monoisotopic (exact) mass is 761 g/mol. The van der Waals surface area contributed by atoms with Crippen LogP contribution in [0.2, 0.25) is 0 Å². The summed E-state index contributed by atoms with van der Waals surface area (Å²) in [6.45, 7) is 0. The highest BCUT2D eigenvalue weighted by Gasteiger charge is 2.69. The maximum atomic E-state index is 4.24. The minimum atomic E-state index is 0.414. The van der Waals surface area contributed by atoms with Crippen molar-refractivity contribution < 1.29 is 0 Å². The molecule has 0 aliphatic heterocycles. The van der Waals surface area contributed by atoms with Gasteiger partial charge >= 0.3 is 0 Å². The fourth-order valence-electron chi connectivity index (χ4n) is 16.3. The smallest absolute Gasteiger partial charge is 0.0356 e. The topological polar surface area (TPSA) is 15.3 Å². The predicted molar refractivity (Wildman–Crippen MR) is 238 cm³/mol. The average molecular weight is 761 g/mol. The summed E-state index contributed by atoms with van der Waals surface area (Å²) in [6.07, 6.45) is 66.4. The number of nitrogens with zero attached hydrogens (tertiary/aromatic N) is 1. The number of nitrogens with one attached hydrogen (secondary N) is 1. The Balaban J connectivity index is 0.957. The first kappa shape index (κ1) is 37.2. The van der Waals surface area contributed by atoms with Crippen molar-refractivity contribution in [2.24, 2.45) is 46.8 Å². The molecule has 11 unspecified atom stereocenters. The van der Waals surface area contributed by atoms with Gasteiger partial charge in [-0.25, -0.2) is 0 Å². The molecule has 11 atom stereocenters. The lowest BCUT2D eigenvalue weighted by Gasteiger charge is -2.54. The molecule has 302 valence electrons. The van der Waals surface area contributed by atoms with Crippen LogP contribution < -0.4 is 5.32 Å². The molecule has 2 heteroatoms. The van der Waals surface area contributed by atoms with E-state index in [1.165, 1.54) is 148 Å². The number of fused-ring (bicyclic) bond motifs is 9. The average Bonchev–Trinajstić information content (AvgIpc) is 3.75. The van der Waals surface area contributed by atoms with Gasteiger partial charge in [0, 0.05) is 41.2 Å². The fraction of sp³-hybridized carbons (Fsp3) is 0.636. The van der Waals surface area contributed by atoms with E-state index in [4.69, 9.17) is 0 Å². The van der Waals surface area contributed by atoms with Crippen molar-refractivity contribution in [2.75, 3.05) is 0 Å². The van der Waals surface area contributed by atoms with Crippen LogP contribution in [0.25, 0.3) is 0 Å². The van der Waals surface area contributed by atoms with Crippen molar-refractivity contribution in [3.63, 3.8) is 0 Å². The normalized spacial score (nSPS) is 41.2. The van der Waals surface area contributed by atoms with Crippen molar-refractivity contribution in [3.8, 4) is 0 Å². The summed E-state index contributed by atoms with van der Waals surface area (Å²) in [6, 6.07) is 2.50. The summed E-state index contributed by atoms with van der Waals surface area (Å²) in [4.78, 5) is 3.16. The van der Waals surface area contributed by atoms with E-state index >= 15 is 0 Å². The van der Waals surface area contributed by atoms with Gasteiger partial charge in [0.1, 0.15) is 0 Å². The van der Waals surface area contributed by atoms with Crippen molar-refractivity contribution in [1.82, 2.24) is 10.2 Å². The van der Waals surface area contributed by atoms with E-state index in [1.54, 1.807) is 16.8 Å². The summed E-state index contributed by atoms with van der Waals surface area (Å²) in [5, 5.41) is 4.24. The van der Waals surface area contributed by atoms with E-state index in [0.29, 0.717) is 29.5 Å². The lowest BCUT2D eigenvalue weighted by Crippen LogP contribution is -2.51. The minimum Gasteiger partial charge on any atom is -0.369 e. The van der Waals surface area contributed by atoms with Gasteiger partial charge < -0.3 is 10.2 Å². The number of hydrogen-bond donors (Lipinski definition) is 1. The molecular weight excluding hydrogens is 689 g/mol. The Bertz CT molecular complexity index is 1850. The Morgan fingerprint density at radius 2 is 1.49 bits per heavy atom. The first-order valence-electron chi connectivity index (χ1n) is 24.7. The van der Waals surface area contributed by atoms with E-state index in [0.717, 1.165) is 41.5 Å². The Labute approximate surface area is 346 Å². The summed E-state index contributed by atoms with van der Waals surface area (Å²) in [5.41, 5.74) is 11.1. The molecule has 0 heterocycles. The second-order valence-corrected chi connectivity index (χ2v) is 20.6. The maximum Gasteiger partial charge on any atom is 0.0356 e. The molecule has 0 radical (unpaired) electrons. The van der Waals surface area contributed by atoms with E-state index in [1.807, 2.05) is 16.7 Å². The van der Waals surface area contributed by atoms with Crippen LogP contribution in [-0.4, -0.2) is 29.1 Å². The van der Waals surface area contributed by atoms with Crippen LogP contribution in [0.5, 0.6) is 0 Å². The van der Waals surface area contributed by atoms with Gasteiger partial charge in [-0.1, -0.05) is 122 Å². The molecule has 2 nitrogen and oxygen atoms in total. The van der Waals surface area contributed by atoms with E-state index < -0.39 is 0 Å². The number of hydrogen-bond acceptors (Lipinski definition) is 2. The molecule has 4 fully saturated rings. The highest BCUT2D eigenvalue weighted by molar-refractivity contribution is 5.48. The van der Waals surface area contributed by atoms with Crippen LogP contribution in [0.1, 0.15) is 148 Å². The van der Waals surface area contributed by atoms with Gasteiger partial charge in [-0.15, -0.1) is 0 Å². The second-order valence-electron chi connectivity index (χ2n) is 20.6. The van der Waals surface area contributed by atoms with Crippen molar-refractivity contribution in [2.45, 2.75) is 172 Å². The largest absolute Gasteiger partial charge is 0.369 e. The molecule has 0 aromatic carbocycles. The third-order valence-corrected chi connectivity index (χ3v) is 18.2. The Morgan fingerprint density at radius 3 is 2.35 bits per heavy atom. The van der Waals surface area contributed by atoms with Gasteiger partial charge in [-0.2, -0.15) is 0 Å². The molecule has 11 rings (SSSR count). The van der Waals surface area contributed by atoms with Crippen LogP contribution in [0.4, 0.5) is 0 Å². The summed E-state index contributed by atoms with van der Waals surface area (Å²) < 4.78 is 0. The van der Waals surface area contributed by atoms with Crippen LogP contribution >= 0.6 is 0 Å². The highest BCUT2D eigenvalue weighted by atomic mass is 15.2. The molecule has 1 N–H and O–H groups in total. The molecule has 11 aliphatic rings. The second kappa shape index (κ2) is 16.0. The van der Waals surface area contributed by atoms with Crippen LogP contribution in [0, 0.1) is 46.8 Å². The highest BCUT2D eigenvalue weighted by Crippen LogP contribution is 2.76. The molecule has 57 heavy (non-hydrogen) atoms. The molecule has 4 saturated carbocycles. The van der Waals surface area contributed by atoms with E-state index in [2.05, 4.69) is 95.3 Å². The first-order chi connectivity index (χ1) is 28.3. The molecule has 1 spiro atoms. The zero-order chi connectivity index (χ0) is 37.8. The fourth-order valence-corrected chi connectivity index (χ4v) is 16.3. The molecule has 0 saturated heterocycles. The van der Waals surface area contributed by atoms with Crippen LogP contribution in [-0.2, 0) is 0 Å². The van der Waals surface area contributed by atoms with Crippen molar-refractivity contribution in [3.05, 3.63) is 119 Å². The summed E-state index contributed by atoms with van der Waals surface area (Å²) in [5.74, 6) is 5.48. The molecule has 0 aromatic heterocycles. The zero-order valence-corrected chi connectivity index (χ0v) is 35.1. The molecule has 0 aromatic rings. The van der Waals surface area contributed by atoms with Gasteiger partial charge in [0.15, 0.2) is 0 Å². The summed E-state index contributed by atoms with van der Waals surface area (Å²) in [7, 11) is 0. The molecule has 11 aliphatic carbocycles. The Morgan fingerprint density at radius 1 is 0.614 bits per heavy atom. The predicted octanol–water partition coefficient (Wildman–Crippen LogP) is 13.5. The third kappa shape index (κ3) is 6.42. The lowest BCUT2D eigenvalue weighted by molar-refractivity contribution is -0.00540. The third-order valence-electron chi connectivity index (χ3n) is 18.2. The van der Waals surface area contributed by atoms with Gasteiger partial charge in [0.2, 0.25) is 0 Å². The SMILES string of the molecule is C1=CCCC(C2=CC=C(N(C3CCCCC3)C3CCC4C5=C(CCC=C5)C5(C4C3)C3CCCCC3C3C(C4C=CC=CC4NC4CC=CCC4)=CCCC35)CC2)=C1. The first-order valence-corrected chi connectivity index (χ1v) is 24.7. The van der Waals surface area contributed by atoms with E-state index in [9.17, 15) is 0 Å². The minimum absolute atomic E-state index is 0.414. The number of rotatable bonds is 7. The van der Waals surface area contributed by atoms with Gasteiger partial charge in [-0.05, 0) is 174 Å². The van der Waals surface area contributed by atoms with Gasteiger partial charge in [0.25, 0.3) is 0 Å². The van der Waals surface area contributed by atoms with Crippen LogP contribution in [0.3, 0.4) is 0 Å². The zero-order valence-electron chi connectivity index (χ0n) is 35.1. The lowest BCUT2D eigenvalue weighted by atomic mass is 9.53. The Kier molecular flexibility index (Phi) is 10.4. The molecule has 0 bridgehead atoms. The van der Waals surface area contributed by atoms with Crippen molar-refractivity contribution in [1.29, 1.82) is 0 Å². The Hall–Kier alpha value is -2.84. The molecular formula is C55H72N2. The van der Waals surface area contributed by atoms with E-state index in [-0.39, 0.29) is 0 Å². The van der Waals surface area contributed by atoms with Gasteiger partial charge in [0.05, 0.1) is 0 Å². The van der Waals surface area contributed by atoms with Crippen LogP contribution in [0.15, 0.2) is 119 Å². The van der Waals surface area contributed by atoms with Crippen molar-refractivity contribution >= 4 is 0 Å². The van der Waals surface area contributed by atoms with Gasteiger partial charge in [-0.3, -0.25) is 0 Å². The number of allylic oxidation sites excluding steroid dienone is 16. The maximum absolute atomic E-state index is 4.24.